The minimum atomic E-state index is 0.385. The fourth-order valence-corrected chi connectivity index (χ4v) is 1.64. The van der Waals surface area contributed by atoms with Crippen molar-refractivity contribution in [2.24, 2.45) is 0 Å². The predicted molar refractivity (Wildman–Crippen MR) is 80.2 cm³/mol. The minimum Gasteiger partial charge on any atom is -0.477 e. The van der Waals surface area contributed by atoms with E-state index in [9.17, 15) is 0 Å². The van der Waals surface area contributed by atoms with Gasteiger partial charge in [0.1, 0.15) is 12.4 Å². The summed E-state index contributed by atoms with van der Waals surface area (Å²) in [5, 5.41) is 3.25. The molecule has 0 atom stereocenters. The Bertz CT molecular complexity index is 385. The van der Waals surface area contributed by atoms with Crippen LogP contribution in [0.15, 0.2) is 6.07 Å². The van der Waals surface area contributed by atoms with Crippen LogP contribution in [0, 0.1) is 0 Å². The van der Waals surface area contributed by atoms with E-state index in [1.54, 1.807) is 7.11 Å². The zero-order valence-electron chi connectivity index (χ0n) is 13.0. The van der Waals surface area contributed by atoms with Crippen molar-refractivity contribution in [1.29, 1.82) is 0 Å². The van der Waals surface area contributed by atoms with Crippen LogP contribution < -0.4 is 10.1 Å². The fraction of sp³-hybridized carbons (Fsp3) is 0.714. The predicted octanol–water partition coefficient (Wildman–Crippen LogP) is 1.78. The molecule has 0 fully saturated rings. The summed E-state index contributed by atoms with van der Waals surface area (Å²) in [5.41, 5.74) is 0. The van der Waals surface area contributed by atoms with Crippen molar-refractivity contribution < 1.29 is 9.47 Å². The summed E-state index contributed by atoms with van der Waals surface area (Å²) in [5.74, 6) is 2.03. The highest BCUT2D eigenvalue weighted by Gasteiger charge is 2.05. The van der Waals surface area contributed by atoms with E-state index < -0.39 is 0 Å². The SMILES string of the molecule is CCCNc1cc(OCCCN(C)C)nc(COC)n1. The number of hydrogen-bond acceptors (Lipinski definition) is 6. The second-order valence-electron chi connectivity index (χ2n) is 4.87. The number of hydrogen-bond donors (Lipinski definition) is 1. The first-order valence-corrected chi connectivity index (χ1v) is 7.04. The Morgan fingerprint density at radius 3 is 2.75 bits per heavy atom. The smallest absolute Gasteiger partial charge is 0.218 e. The van der Waals surface area contributed by atoms with E-state index in [4.69, 9.17) is 9.47 Å². The molecule has 6 heteroatoms. The van der Waals surface area contributed by atoms with Crippen molar-refractivity contribution in [3.05, 3.63) is 11.9 Å². The summed E-state index contributed by atoms with van der Waals surface area (Å²) in [4.78, 5) is 10.9. The maximum absolute atomic E-state index is 5.69. The first-order chi connectivity index (χ1) is 9.65. The van der Waals surface area contributed by atoms with Gasteiger partial charge in [-0.05, 0) is 26.9 Å². The third kappa shape index (κ3) is 6.68. The lowest BCUT2D eigenvalue weighted by Crippen LogP contribution is -2.16. The molecule has 114 valence electrons. The number of rotatable bonds is 10. The van der Waals surface area contributed by atoms with Crippen molar-refractivity contribution in [3.63, 3.8) is 0 Å². The molecule has 20 heavy (non-hydrogen) atoms. The van der Waals surface area contributed by atoms with Crippen molar-refractivity contribution in [2.45, 2.75) is 26.4 Å². The molecule has 1 N–H and O–H groups in total. The van der Waals surface area contributed by atoms with E-state index in [0.29, 0.717) is 24.9 Å². The van der Waals surface area contributed by atoms with Crippen molar-refractivity contribution in [3.8, 4) is 5.88 Å². The van der Waals surface area contributed by atoms with Crippen LogP contribution in [0.1, 0.15) is 25.6 Å². The molecule has 1 aromatic heterocycles. The average molecular weight is 282 g/mol. The van der Waals surface area contributed by atoms with Crippen LogP contribution >= 0.6 is 0 Å². The Morgan fingerprint density at radius 2 is 2.10 bits per heavy atom. The normalized spacial score (nSPS) is 10.8. The number of anilines is 1. The largest absolute Gasteiger partial charge is 0.477 e. The van der Waals surface area contributed by atoms with Gasteiger partial charge in [0.05, 0.1) is 6.61 Å². The van der Waals surface area contributed by atoms with Crippen LogP contribution in [0.4, 0.5) is 5.82 Å². The lowest BCUT2D eigenvalue weighted by Gasteiger charge is -2.12. The van der Waals surface area contributed by atoms with Crippen LogP contribution in [-0.2, 0) is 11.3 Å². The summed E-state index contributed by atoms with van der Waals surface area (Å²) < 4.78 is 10.8. The lowest BCUT2D eigenvalue weighted by atomic mass is 10.4. The molecule has 0 amide bonds. The van der Waals surface area contributed by atoms with Gasteiger partial charge in [0.15, 0.2) is 5.82 Å². The number of nitrogens with zero attached hydrogens (tertiary/aromatic N) is 3. The van der Waals surface area contributed by atoms with Crippen LogP contribution in [0.5, 0.6) is 5.88 Å². The maximum Gasteiger partial charge on any atom is 0.218 e. The Labute approximate surface area is 121 Å². The third-order valence-electron chi connectivity index (χ3n) is 2.58. The summed E-state index contributed by atoms with van der Waals surface area (Å²) in [6.07, 6.45) is 2.01. The zero-order valence-corrected chi connectivity index (χ0v) is 13.0. The first-order valence-electron chi connectivity index (χ1n) is 7.04. The maximum atomic E-state index is 5.69. The van der Waals surface area contributed by atoms with Crippen molar-refractivity contribution >= 4 is 5.82 Å². The summed E-state index contributed by atoms with van der Waals surface area (Å²) in [6, 6.07) is 1.84. The molecule has 0 radical (unpaired) electrons. The summed E-state index contributed by atoms with van der Waals surface area (Å²) in [6.45, 7) is 5.02. The molecule has 6 nitrogen and oxygen atoms in total. The van der Waals surface area contributed by atoms with Crippen LogP contribution in [-0.4, -0.2) is 55.8 Å². The molecule has 1 heterocycles. The molecule has 1 rings (SSSR count). The third-order valence-corrected chi connectivity index (χ3v) is 2.58. The van der Waals surface area contributed by atoms with E-state index in [-0.39, 0.29) is 0 Å². The van der Waals surface area contributed by atoms with Gasteiger partial charge in [0, 0.05) is 26.3 Å². The van der Waals surface area contributed by atoms with E-state index in [0.717, 1.165) is 31.7 Å². The molecule has 0 aromatic carbocycles. The van der Waals surface area contributed by atoms with Crippen molar-refractivity contribution in [1.82, 2.24) is 14.9 Å². The van der Waals surface area contributed by atoms with Gasteiger partial charge in [-0.15, -0.1) is 0 Å². The molecule has 0 aliphatic rings. The number of ether oxygens (including phenoxy) is 2. The number of nitrogens with one attached hydrogen (secondary N) is 1. The van der Waals surface area contributed by atoms with Gasteiger partial charge in [-0.1, -0.05) is 6.92 Å². The molecule has 0 spiro atoms. The highest BCUT2D eigenvalue weighted by atomic mass is 16.5. The molecular formula is C14H26N4O2. The standard InChI is InChI=1S/C14H26N4O2/c1-5-7-15-12-10-14(17-13(16-12)11-19-4)20-9-6-8-18(2)3/h10H,5-9,11H2,1-4H3,(H,15,16,17). The quantitative estimate of drug-likeness (QED) is 0.660. The van der Waals surface area contributed by atoms with E-state index in [2.05, 4.69) is 27.1 Å². The second-order valence-corrected chi connectivity index (χ2v) is 4.87. The molecule has 0 aliphatic heterocycles. The molecule has 0 saturated carbocycles. The zero-order chi connectivity index (χ0) is 14.8. The molecule has 0 bridgehead atoms. The van der Waals surface area contributed by atoms with Gasteiger partial charge < -0.3 is 19.7 Å². The average Bonchev–Trinajstić information content (AvgIpc) is 2.41. The Morgan fingerprint density at radius 1 is 1.30 bits per heavy atom. The number of methoxy groups -OCH3 is 1. The summed E-state index contributed by atoms with van der Waals surface area (Å²) >= 11 is 0. The van der Waals surface area contributed by atoms with Gasteiger partial charge in [-0.2, -0.15) is 4.98 Å². The van der Waals surface area contributed by atoms with Crippen LogP contribution in [0.25, 0.3) is 0 Å². The van der Waals surface area contributed by atoms with Crippen LogP contribution in [0.3, 0.4) is 0 Å². The highest BCUT2D eigenvalue weighted by Crippen LogP contribution is 2.14. The van der Waals surface area contributed by atoms with Gasteiger partial charge in [0.2, 0.25) is 5.88 Å². The Balaban J connectivity index is 2.60. The first kappa shape index (κ1) is 16.7. The van der Waals surface area contributed by atoms with Gasteiger partial charge in [0.25, 0.3) is 0 Å². The van der Waals surface area contributed by atoms with Crippen LogP contribution in [0.2, 0.25) is 0 Å². The molecule has 0 aliphatic carbocycles. The molecular weight excluding hydrogens is 256 g/mol. The lowest BCUT2D eigenvalue weighted by molar-refractivity contribution is 0.176. The molecule has 0 unspecified atom stereocenters. The van der Waals surface area contributed by atoms with E-state index >= 15 is 0 Å². The monoisotopic (exact) mass is 282 g/mol. The second kappa shape index (κ2) is 9.50. The van der Waals surface area contributed by atoms with E-state index in [1.165, 1.54) is 0 Å². The Kier molecular flexibility index (Phi) is 7.91. The summed E-state index contributed by atoms with van der Waals surface area (Å²) in [7, 11) is 5.73. The molecule has 1 aromatic rings. The minimum absolute atomic E-state index is 0.385. The molecule has 0 saturated heterocycles. The number of aromatic nitrogens is 2. The van der Waals surface area contributed by atoms with Crippen molar-refractivity contribution in [2.75, 3.05) is 46.2 Å². The Hall–Kier alpha value is -1.40. The highest BCUT2D eigenvalue weighted by molar-refractivity contribution is 5.38. The van der Waals surface area contributed by atoms with E-state index in [1.807, 2.05) is 20.2 Å². The topological polar surface area (TPSA) is 59.5 Å². The fourth-order valence-electron chi connectivity index (χ4n) is 1.64. The van der Waals surface area contributed by atoms with Gasteiger partial charge in [-0.3, -0.25) is 0 Å². The van der Waals surface area contributed by atoms with Gasteiger partial charge >= 0.3 is 0 Å². The van der Waals surface area contributed by atoms with Gasteiger partial charge in [-0.25, -0.2) is 4.98 Å².